The second-order valence-electron chi connectivity index (χ2n) is 3.92. The standard InChI is InChI=1S/C14H15N/c1-14(10-5-6-12-15-14)11-9-13-7-3-2-4-8-13/h2-5,7-12H,6H2,1H3. The number of dihydropyridines is 1. The minimum absolute atomic E-state index is 0.159. The number of aliphatic imine (C=N–C) groups is 1. The maximum Gasteiger partial charge on any atom is 0.0939 e. The molecule has 0 saturated heterocycles. The van der Waals surface area contributed by atoms with Crippen molar-refractivity contribution in [1.82, 2.24) is 0 Å². The normalized spacial score (nSPS) is 24.9. The van der Waals surface area contributed by atoms with Crippen LogP contribution in [0.15, 0.2) is 53.6 Å². The van der Waals surface area contributed by atoms with Crippen LogP contribution < -0.4 is 0 Å². The maximum atomic E-state index is 4.48. The Labute approximate surface area is 90.9 Å². The molecule has 1 heteroatoms. The van der Waals surface area contributed by atoms with Gasteiger partial charge >= 0.3 is 0 Å². The van der Waals surface area contributed by atoms with Gasteiger partial charge in [0.05, 0.1) is 5.54 Å². The van der Waals surface area contributed by atoms with Crippen molar-refractivity contribution in [2.75, 3.05) is 0 Å². The predicted octanol–water partition coefficient (Wildman–Crippen LogP) is 3.49. The van der Waals surface area contributed by atoms with Crippen LogP contribution in [0.25, 0.3) is 6.08 Å². The first-order valence-electron chi connectivity index (χ1n) is 5.24. The molecule has 1 aliphatic rings. The lowest BCUT2D eigenvalue weighted by Crippen LogP contribution is -2.16. The molecule has 0 aromatic heterocycles. The van der Waals surface area contributed by atoms with Gasteiger partial charge < -0.3 is 0 Å². The molecular weight excluding hydrogens is 182 g/mol. The van der Waals surface area contributed by atoms with Crippen LogP contribution in [-0.4, -0.2) is 11.8 Å². The molecule has 15 heavy (non-hydrogen) atoms. The van der Waals surface area contributed by atoms with Gasteiger partial charge in [-0.05, 0) is 12.5 Å². The van der Waals surface area contributed by atoms with Crippen molar-refractivity contribution >= 4 is 12.3 Å². The highest BCUT2D eigenvalue weighted by Crippen LogP contribution is 2.19. The Balaban J connectivity index is 2.15. The molecule has 0 aliphatic carbocycles. The molecule has 1 heterocycles. The van der Waals surface area contributed by atoms with Gasteiger partial charge in [-0.3, -0.25) is 4.99 Å². The van der Waals surface area contributed by atoms with Crippen molar-refractivity contribution in [1.29, 1.82) is 0 Å². The summed E-state index contributed by atoms with van der Waals surface area (Å²) in [7, 11) is 0. The second-order valence-corrected chi connectivity index (χ2v) is 3.92. The molecule has 1 atom stereocenters. The zero-order valence-corrected chi connectivity index (χ0v) is 8.93. The summed E-state index contributed by atoms with van der Waals surface area (Å²) in [5, 5.41) is 0. The van der Waals surface area contributed by atoms with E-state index in [-0.39, 0.29) is 5.54 Å². The quantitative estimate of drug-likeness (QED) is 0.643. The van der Waals surface area contributed by atoms with Crippen molar-refractivity contribution in [3.05, 3.63) is 54.1 Å². The summed E-state index contributed by atoms with van der Waals surface area (Å²) in [4.78, 5) is 4.48. The summed E-state index contributed by atoms with van der Waals surface area (Å²) < 4.78 is 0. The fraction of sp³-hybridized carbons (Fsp3) is 0.214. The third-order valence-corrected chi connectivity index (χ3v) is 2.48. The van der Waals surface area contributed by atoms with Crippen LogP contribution in [0.4, 0.5) is 0 Å². The lowest BCUT2D eigenvalue weighted by molar-refractivity contribution is 0.733. The van der Waals surface area contributed by atoms with E-state index in [2.05, 4.69) is 48.4 Å². The third kappa shape index (κ3) is 2.66. The average molecular weight is 197 g/mol. The molecular formula is C14H15N. The van der Waals surface area contributed by atoms with E-state index in [1.807, 2.05) is 24.4 Å². The summed E-state index contributed by atoms with van der Waals surface area (Å²) in [6, 6.07) is 10.3. The van der Waals surface area contributed by atoms with Gasteiger partial charge in [-0.25, -0.2) is 0 Å². The first kappa shape index (κ1) is 9.91. The van der Waals surface area contributed by atoms with E-state index < -0.39 is 0 Å². The topological polar surface area (TPSA) is 12.4 Å². The van der Waals surface area contributed by atoms with Crippen molar-refractivity contribution < 1.29 is 0 Å². The Bertz CT molecular complexity index is 387. The minimum atomic E-state index is -0.159. The second kappa shape index (κ2) is 4.26. The zero-order valence-electron chi connectivity index (χ0n) is 8.93. The van der Waals surface area contributed by atoms with Crippen LogP contribution in [0.2, 0.25) is 0 Å². The largest absolute Gasteiger partial charge is 0.283 e. The fourth-order valence-electron chi connectivity index (χ4n) is 1.59. The zero-order chi connectivity index (χ0) is 10.6. The smallest absolute Gasteiger partial charge is 0.0939 e. The van der Waals surface area contributed by atoms with Gasteiger partial charge in [-0.15, -0.1) is 0 Å². The highest BCUT2D eigenvalue weighted by molar-refractivity contribution is 5.64. The van der Waals surface area contributed by atoms with Gasteiger partial charge in [-0.1, -0.05) is 54.6 Å². The molecule has 0 amide bonds. The van der Waals surface area contributed by atoms with Gasteiger partial charge in [-0.2, -0.15) is 0 Å². The summed E-state index contributed by atoms with van der Waals surface area (Å²) >= 11 is 0. The predicted molar refractivity (Wildman–Crippen MR) is 66.1 cm³/mol. The van der Waals surface area contributed by atoms with Crippen molar-refractivity contribution in [2.45, 2.75) is 18.9 Å². The third-order valence-electron chi connectivity index (χ3n) is 2.48. The minimum Gasteiger partial charge on any atom is -0.283 e. The van der Waals surface area contributed by atoms with Crippen molar-refractivity contribution in [3.8, 4) is 0 Å². The summed E-state index contributed by atoms with van der Waals surface area (Å²) in [6.07, 6.45) is 11.5. The van der Waals surface area contributed by atoms with Gasteiger partial charge in [0.15, 0.2) is 0 Å². The lowest BCUT2D eigenvalue weighted by atomic mass is 9.98. The first-order valence-corrected chi connectivity index (χ1v) is 5.24. The van der Waals surface area contributed by atoms with Crippen LogP contribution in [0.1, 0.15) is 18.9 Å². The van der Waals surface area contributed by atoms with E-state index in [0.29, 0.717) is 0 Å². The van der Waals surface area contributed by atoms with Crippen LogP contribution in [0, 0.1) is 0 Å². The number of hydrogen-bond acceptors (Lipinski definition) is 1. The van der Waals surface area contributed by atoms with Gasteiger partial charge in [0.25, 0.3) is 0 Å². The molecule has 0 saturated carbocycles. The summed E-state index contributed by atoms with van der Waals surface area (Å²) in [5.41, 5.74) is 1.06. The Morgan fingerprint density at radius 2 is 2.07 bits per heavy atom. The molecule has 1 aliphatic heterocycles. The molecule has 0 N–H and O–H groups in total. The number of nitrogens with zero attached hydrogens (tertiary/aromatic N) is 1. The van der Waals surface area contributed by atoms with E-state index in [1.54, 1.807) is 0 Å². The molecule has 1 aromatic rings. The molecule has 0 fully saturated rings. The Morgan fingerprint density at radius 1 is 1.27 bits per heavy atom. The molecule has 2 rings (SSSR count). The molecule has 1 nitrogen and oxygen atoms in total. The van der Waals surface area contributed by atoms with Gasteiger partial charge in [0.2, 0.25) is 0 Å². The van der Waals surface area contributed by atoms with Gasteiger partial charge in [0, 0.05) is 12.6 Å². The molecule has 76 valence electrons. The van der Waals surface area contributed by atoms with E-state index in [1.165, 1.54) is 5.56 Å². The monoisotopic (exact) mass is 197 g/mol. The summed E-state index contributed by atoms with van der Waals surface area (Å²) in [6.45, 7) is 2.11. The lowest BCUT2D eigenvalue weighted by Gasteiger charge is -2.18. The van der Waals surface area contributed by atoms with Crippen LogP contribution in [0.5, 0.6) is 0 Å². The molecule has 0 radical (unpaired) electrons. The van der Waals surface area contributed by atoms with Crippen molar-refractivity contribution in [3.63, 3.8) is 0 Å². The Morgan fingerprint density at radius 3 is 2.73 bits per heavy atom. The van der Waals surface area contributed by atoms with Crippen LogP contribution >= 0.6 is 0 Å². The van der Waals surface area contributed by atoms with E-state index in [0.717, 1.165) is 6.42 Å². The molecule has 0 bridgehead atoms. The number of benzene rings is 1. The van der Waals surface area contributed by atoms with E-state index in [9.17, 15) is 0 Å². The van der Waals surface area contributed by atoms with E-state index in [4.69, 9.17) is 0 Å². The molecule has 0 spiro atoms. The van der Waals surface area contributed by atoms with Crippen molar-refractivity contribution in [2.24, 2.45) is 4.99 Å². The average Bonchev–Trinajstić information content (AvgIpc) is 2.29. The molecule has 1 aromatic carbocycles. The highest BCUT2D eigenvalue weighted by Gasteiger charge is 2.15. The fourth-order valence-corrected chi connectivity index (χ4v) is 1.59. The summed E-state index contributed by atoms with van der Waals surface area (Å²) in [5.74, 6) is 0. The SMILES string of the molecule is CC1(C=Cc2ccccc2)C=CCC=N1. The number of hydrogen-bond donors (Lipinski definition) is 0. The van der Waals surface area contributed by atoms with E-state index >= 15 is 0 Å². The number of rotatable bonds is 2. The first-order chi connectivity index (χ1) is 7.29. The van der Waals surface area contributed by atoms with Crippen LogP contribution in [-0.2, 0) is 0 Å². The maximum absolute atomic E-state index is 4.48. The highest BCUT2D eigenvalue weighted by atomic mass is 14.8. The van der Waals surface area contributed by atoms with Crippen LogP contribution in [0.3, 0.4) is 0 Å². The Kier molecular flexibility index (Phi) is 2.82. The number of allylic oxidation sites excluding steroid dienone is 1. The van der Waals surface area contributed by atoms with Gasteiger partial charge in [0.1, 0.15) is 0 Å². The molecule has 1 unspecified atom stereocenters. The Hall–Kier alpha value is -1.63.